The maximum Gasteiger partial charge on any atom is 0.253 e. The Kier molecular flexibility index (Phi) is 5.14. The molecular formula is C20H29N5OS. The molecule has 3 heterocycles. The van der Waals surface area contributed by atoms with Crippen LogP contribution in [0.15, 0.2) is 5.16 Å². The van der Waals surface area contributed by atoms with Gasteiger partial charge in [0.25, 0.3) is 5.78 Å². The van der Waals surface area contributed by atoms with Crippen LogP contribution in [0.25, 0.3) is 5.78 Å². The zero-order valence-corrected chi connectivity index (χ0v) is 17.4. The van der Waals surface area contributed by atoms with Crippen molar-refractivity contribution in [2.24, 2.45) is 5.41 Å². The zero-order chi connectivity index (χ0) is 19.0. The lowest BCUT2D eigenvalue weighted by atomic mass is 9.80. The fourth-order valence-corrected chi connectivity index (χ4v) is 5.17. The molecule has 2 aromatic rings. The monoisotopic (exact) mass is 387 g/mol. The zero-order valence-electron chi connectivity index (χ0n) is 16.6. The minimum absolute atomic E-state index is 0.230. The van der Waals surface area contributed by atoms with Crippen molar-refractivity contribution >= 4 is 23.4 Å². The van der Waals surface area contributed by atoms with E-state index >= 15 is 0 Å². The Morgan fingerprint density at radius 1 is 1.11 bits per heavy atom. The summed E-state index contributed by atoms with van der Waals surface area (Å²) in [6, 6.07) is 0. The largest absolute Gasteiger partial charge is 0.342 e. The number of thioether (sulfide) groups is 1. The number of likely N-dealkylation sites (tertiary alicyclic amines) is 1. The molecule has 6 nitrogen and oxygen atoms in total. The highest BCUT2D eigenvalue weighted by Gasteiger charge is 2.39. The summed E-state index contributed by atoms with van der Waals surface area (Å²) in [5.74, 6) is 0.845. The molecule has 27 heavy (non-hydrogen) atoms. The van der Waals surface area contributed by atoms with Crippen molar-refractivity contribution in [3.8, 4) is 0 Å². The fourth-order valence-electron chi connectivity index (χ4n) is 4.83. The van der Waals surface area contributed by atoms with Crippen LogP contribution in [0.2, 0.25) is 0 Å². The molecule has 1 amide bonds. The first-order valence-corrected chi connectivity index (χ1v) is 11.3. The van der Waals surface area contributed by atoms with Crippen molar-refractivity contribution in [2.45, 2.75) is 70.4 Å². The number of hydrogen-bond donors (Lipinski definition) is 0. The fraction of sp³-hybridized carbons (Fsp3) is 0.700. The molecule has 0 aromatic carbocycles. The Morgan fingerprint density at radius 2 is 1.85 bits per heavy atom. The summed E-state index contributed by atoms with van der Waals surface area (Å²) in [7, 11) is 0. The molecule has 0 radical (unpaired) electrons. The Morgan fingerprint density at radius 3 is 2.56 bits per heavy atom. The maximum absolute atomic E-state index is 13.1. The lowest BCUT2D eigenvalue weighted by Crippen LogP contribution is -2.33. The molecule has 1 aliphatic carbocycles. The summed E-state index contributed by atoms with van der Waals surface area (Å²) in [5.41, 5.74) is 3.24. The first-order chi connectivity index (χ1) is 13.0. The second-order valence-electron chi connectivity index (χ2n) is 8.23. The molecule has 2 aliphatic rings. The van der Waals surface area contributed by atoms with Crippen molar-refractivity contribution < 1.29 is 4.79 Å². The first-order valence-electron chi connectivity index (χ1n) is 10.1. The molecule has 1 spiro atoms. The maximum atomic E-state index is 13.1. The summed E-state index contributed by atoms with van der Waals surface area (Å²) in [6.45, 7) is 5.84. The average molecular weight is 388 g/mol. The number of hydrogen-bond acceptors (Lipinski definition) is 5. The number of rotatable bonds is 3. The highest BCUT2D eigenvalue weighted by Crippen LogP contribution is 2.42. The molecule has 146 valence electrons. The average Bonchev–Trinajstić information content (AvgIpc) is 3.18. The number of carbonyl (C=O) groups is 1. The van der Waals surface area contributed by atoms with Crippen molar-refractivity contribution in [3.63, 3.8) is 0 Å². The molecule has 2 fully saturated rings. The lowest BCUT2D eigenvalue weighted by molar-refractivity contribution is -0.129. The van der Waals surface area contributed by atoms with Gasteiger partial charge in [0.15, 0.2) is 0 Å². The van der Waals surface area contributed by atoms with Gasteiger partial charge in [-0.2, -0.15) is 4.98 Å². The molecular weight excluding hydrogens is 358 g/mol. The van der Waals surface area contributed by atoms with Crippen molar-refractivity contribution in [2.75, 3.05) is 19.3 Å². The predicted molar refractivity (Wildman–Crippen MR) is 107 cm³/mol. The third kappa shape index (κ3) is 3.58. The Hall–Kier alpha value is -1.63. The van der Waals surface area contributed by atoms with E-state index in [0.29, 0.717) is 22.8 Å². The summed E-state index contributed by atoms with van der Waals surface area (Å²) in [5, 5.41) is 5.21. The van der Waals surface area contributed by atoms with Crippen LogP contribution in [0.4, 0.5) is 0 Å². The van der Waals surface area contributed by atoms with E-state index in [1.54, 1.807) is 4.52 Å². The van der Waals surface area contributed by atoms with Gasteiger partial charge < -0.3 is 4.90 Å². The molecule has 2 aromatic heterocycles. The summed E-state index contributed by atoms with van der Waals surface area (Å²) in [4.78, 5) is 24.2. The van der Waals surface area contributed by atoms with Gasteiger partial charge in [-0.05, 0) is 44.8 Å². The van der Waals surface area contributed by atoms with Crippen LogP contribution in [0.5, 0.6) is 0 Å². The van der Waals surface area contributed by atoms with E-state index in [-0.39, 0.29) is 5.91 Å². The SMILES string of the molecule is CSc1nc2nc(C)c(CC(=O)N3CCC4(CCCCCC4)C3)c(C)n2n1. The van der Waals surface area contributed by atoms with E-state index in [1.807, 2.05) is 20.1 Å². The molecule has 1 saturated heterocycles. The van der Waals surface area contributed by atoms with E-state index in [0.717, 1.165) is 30.0 Å². The van der Waals surface area contributed by atoms with Crippen molar-refractivity contribution in [3.05, 3.63) is 17.0 Å². The molecule has 1 aliphatic heterocycles. The van der Waals surface area contributed by atoms with Crippen LogP contribution in [0.1, 0.15) is 61.9 Å². The van der Waals surface area contributed by atoms with Gasteiger partial charge in [-0.1, -0.05) is 37.4 Å². The van der Waals surface area contributed by atoms with Gasteiger partial charge >= 0.3 is 0 Å². The van der Waals surface area contributed by atoms with E-state index in [9.17, 15) is 4.79 Å². The molecule has 0 N–H and O–H groups in total. The van der Waals surface area contributed by atoms with E-state index in [2.05, 4.69) is 20.0 Å². The molecule has 0 atom stereocenters. The Bertz CT molecular complexity index is 854. The van der Waals surface area contributed by atoms with Crippen LogP contribution in [0.3, 0.4) is 0 Å². The van der Waals surface area contributed by atoms with Gasteiger partial charge in [-0.3, -0.25) is 4.79 Å². The topological polar surface area (TPSA) is 63.4 Å². The third-order valence-electron chi connectivity index (χ3n) is 6.50. The number of nitrogens with zero attached hydrogens (tertiary/aromatic N) is 5. The minimum atomic E-state index is 0.230. The number of amides is 1. The van der Waals surface area contributed by atoms with E-state index in [4.69, 9.17) is 0 Å². The van der Waals surface area contributed by atoms with Gasteiger partial charge in [-0.25, -0.2) is 9.50 Å². The minimum Gasteiger partial charge on any atom is -0.342 e. The normalized spacial score (nSPS) is 19.7. The van der Waals surface area contributed by atoms with Crippen LogP contribution >= 0.6 is 11.8 Å². The van der Waals surface area contributed by atoms with Gasteiger partial charge in [0.1, 0.15) is 0 Å². The summed E-state index contributed by atoms with van der Waals surface area (Å²) in [6.07, 6.45) is 11.5. The molecule has 4 rings (SSSR count). The standard InChI is InChI=1S/C20H29N5OS/c1-14-16(15(2)25-18(21-14)22-19(23-25)27-3)12-17(26)24-11-10-20(13-24)8-6-4-5-7-9-20/h4-13H2,1-3H3. The van der Waals surface area contributed by atoms with Gasteiger partial charge in [0.05, 0.1) is 6.42 Å². The molecule has 0 bridgehead atoms. The smallest absolute Gasteiger partial charge is 0.253 e. The summed E-state index contributed by atoms with van der Waals surface area (Å²) >= 11 is 1.51. The van der Waals surface area contributed by atoms with E-state index < -0.39 is 0 Å². The molecule has 0 unspecified atom stereocenters. The van der Waals surface area contributed by atoms with E-state index in [1.165, 1.54) is 56.7 Å². The second-order valence-corrected chi connectivity index (χ2v) is 9.00. The Balaban J connectivity index is 1.53. The lowest BCUT2D eigenvalue weighted by Gasteiger charge is -2.28. The highest BCUT2D eigenvalue weighted by molar-refractivity contribution is 7.98. The van der Waals surface area contributed by atoms with Gasteiger partial charge in [0, 0.05) is 30.0 Å². The summed E-state index contributed by atoms with van der Waals surface area (Å²) < 4.78 is 1.78. The predicted octanol–water partition coefficient (Wildman–Crippen LogP) is 3.58. The van der Waals surface area contributed by atoms with Gasteiger partial charge in [0.2, 0.25) is 11.1 Å². The molecule has 1 saturated carbocycles. The van der Waals surface area contributed by atoms with Crippen molar-refractivity contribution in [1.29, 1.82) is 0 Å². The Labute approximate surface area is 165 Å². The highest BCUT2D eigenvalue weighted by atomic mass is 32.2. The first kappa shape index (κ1) is 18.7. The number of fused-ring (bicyclic) bond motifs is 1. The van der Waals surface area contributed by atoms with Crippen LogP contribution in [-0.2, 0) is 11.2 Å². The third-order valence-corrected chi connectivity index (χ3v) is 7.03. The number of aryl methyl sites for hydroxylation is 2. The second kappa shape index (κ2) is 7.41. The quantitative estimate of drug-likeness (QED) is 0.753. The number of aromatic nitrogens is 4. The van der Waals surface area contributed by atoms with Crippen LogP contribution < -0.4 is 0 Å². The number of carbonyl (C=O) groups excluding carboxylic acids is 1. The van der Waals surface area contributed by atoms with Crippen LogP contribution in [-0.4, -0.2) is 49.7 Å². The van der Waals surface area contributed by atoms with Crippen LogP contribution in [0, 0.1) is 19.3 Å². The molecule has 7 heteroatoms. The van der Waals surface area contributed by atoms with Crippen molar-refractivity contribution in [1.82, 2.24) is 24.5 Å². The van der Waals surface area contributed by atoms with Gasteiger partial charge in [-0.15, -0.1) is 5.10 Å².